The molecular weight excluding hydrogens is 334 g/mol. The minimum atomic E-state index is -0.333. The van der Waals surface area contributed by atoms with E-state index >= 15 is 0 Å². The van der Waals surface area contributed by atoms with E-state index in [1.165, 1.54) is 24.8 Å². The van der Waals surface area contributed by atoms with E-state index in [1.54, 1.807) is 0 Å². The maximum Gasteiger partial charge on any atom is 0.0839 e. The van der Waals surface area contributed by atoms with Crippen molar-refractivity contribution in [2.24, 2.45) is 0 Å². The smallest absolute Gasteiger partial charge is 0.0839 e. The minimum absolute atomic E-state index is 0.333. The Bertz CT molecular complexity index is 685. The van der Waals surface area contributed by atoms with E-state index in [0.717, 1.165) is 25.3 Å². The lowest BCUT2D eigenvalue weighted by Crippen LogP contribution is -2.46. The minimum Gasteiger partial charge on any atom is -0.390 e. The zero-order valence-corrected chi connectivity index (χ0v) is 15.9. The molecule has 2 aromatic rings. The molecule has 3 unspecified atom stereocenters. The second kappa shape index (κ2) is 8.87. The summed E-state index contributed by atoms with van der Waals surface area (Å²) >= 11 is 0. The summed E-state index contributed by atoms with van der Waals surface area (Å²) in [6.07, 6.45) is 3.29. The molecule has 3 atom stereocenters. The summed E-state index contributed by atoms with van der Waals surface area (Å²) in [7, 11) is 0. The van der Waals surface area contributed by atoms with Gasteiger partial charge in [0.05, 0.1) is 6.10 Å². The van der Waals surface area contributed by atoms with Crippen LogP contribution in [-0.2, 0) is 0 Å². The number of anilines is 1. The van der Waals surface area contributed by atoms with Gasteiger partial charge in [0.15, 0.2) is 0 Å². The van der Waals surface area contributed by atoms with Crippen LogP contribution in [0.5, 0.6) is 0 Å². The number of rotatable bonds is 8. The SMILES string of the molecule is OC(CNc1ccccc1)CN1CCC(NC2CC2c2ccccc2)CC1. The molecule has 1 saturated carbocycles. The fourth-order valence-electron chi connectivity index (χ4n) is 4.19. The van der Waals surface area contributed by atoms with Gasteiger partial charge in [-0.2, -0.15) is 0 Å². The summed E-state index contributed by atoms with van der Waals surface area (Å²) in [6.45, 7) is 3.50. The molecule has 3 N–H and O–H groups in total. The molecule has 27 heavy (non-hydrogen) atoms. The predicted octanol–water partition coefficient (Wildman–Crippen LogP) is 3.07. The van der Waals surface area contributed by atoms with Crippen LogP contribution in [-0.4, -0.2) is 54.4 Å². The second-order valence-corrected chi connectivity index (χ2v) is 8.00. The van der Waals surface area contributed by atoms with Crippen LogP contribution in [0.1, 0.15) is 30.7 Å². The number of nitrogens with zero attached hydrogens (tertiary/aromatic N) is 1. The van der Waals surface area contributed by atoms with Crippen LogP contribution in [0.4, 0.5) is 5.69 Å². The molecule has 4 heteroatoms. The van der Waals surface area contributed by atoms with E-state index in [9.17, 15) is 5.11 Å². The van der Waals surface area contributed by atoms with Crippen LogP contribution in [0.2, 0.25) is 0 Å². The molecule has 4 rings (SSSR count). The molecule has 1 heterocycles. The summed E-state index contributed by atoms with van der Waals surface area (Å²) in [5, 5.41) is 17.5. The van der Waals surface area contributed by atoms with Gasteiger partial charge in [0.2, 0.25) is 0 Å². The third kappa shape index (κ3) is 5.32. The zero-order valence-electron chi connectivity index (χ0n) is 15.9. The van der Waals surface area contributed by atoms with Crippen molar-refractivity contribution in [1.29, 1.82) is 0 Å². The van der Waals surface area contributed by atoms with Gasteiger partial charge in [-0.05, 0) is 50.0 Å². The first kappa shape index (κ1) is 18.5. The highest BCUT2D eigenvalue weighted by atomic mass is 16.3. The number of likely N-dealkylation sites (tertiary alicyclic amines) is 1. The third-order valence-corrected chi connectivity index (χ3v) is 5.84. The molecule has 2 aromatic carbocycles. The van der Waals surface area contributed by atoms with Gasteiger partial charge in [0.25, 0.3) is 0 Å². The van der Waals surface area contributed by atoms with Crippen molar-refractivity contribution in [3.05, 3.63) is 66.2 Å². The van der Waals surface area contributed by atoms with E-state index in [4.69, 9.17) is 0 Å². The lowest BCUT2D eigenvalue weighted by atomic mass is 10.0. The van der Waals surface area contributed by atoms with Gasteiger partial charge in [-0.25, -0.2) is 0 Å². The van der Waals surface area contributed by atoms with Crippen LogP contribution in [0, 0.1) is 0 Å². The Morgan fingerprint density at radius 2 is 1.63 bits per heavy atom. The van der Waals surface area contributed by atoms with Crippen molar-refractivity contribution < 1.29 is 5.11 Å². The van der Waals surface area contributed by atoms with Crippen molar-refractivity contribution in [3.63, 3.8) is 0 Å². The Hall–Kier alpha value is -1.88. The first-order valence-electron chi connectivity index (χ1n) is 10.3. The van der Waals surface area contributed by atoms with Crippen LogP contribution < -0.4 is 10.6 Å². The largest absolute Gasteiger partial charge is 0.390 e. The maximum atomic E-state index is 10.3. The van der Waals surface area contributed by atoms with Gasteiger partial charge in [-0.1, -0.05) is 48.5 Å². The average Bonchev–Trinajstić information content (AvgIpc) is 3.49. The fourth-order valence-corrected chi connectivity index (χ4v) is 4.19. The van der Waals surface area contributed by atoms with Crippen molar-refractivity contribution in [2.75, 3.05) is 31.5 Å². The summed E-state index contributed by atoms with van der Waals surface area (Å²) in [6, 6.07) is 22.2. The summed E-state index contributed by atoms with van der Waals surface area (Å²) < 4.78 is 0. The highest BCUT2D eigenvalue weighted by Crippen LogP contribution is 2.41. The summed E-state index contributed by atoms with van der Waals surface area (Å²) in [4.78, 5) is 2.40. The Balaban J connectivity index is 1.13. The second-order valence-electron chi connectivity index (χ2n) is 8.00. The Morgan fingerprint density at radius 3 is 2.33 bits per heavy atom. The molecule has 0 bridgehead atoms. The molecule has 2 aliphatic rings. The van der Waals surface area contributed by atoms with Crippen LogP contribution in [0.25, 0.3) is 0 Å². The Kier molecular flexibility index (Phi) is 6.07. The number of β-amino-alcohol motifs (C(OH)–C–C–N with tert-alkyl or cyclic N) is 1. The first-order valence-corrected chi connectivity index (χ1v) is 10.3. The van der Waals surface area contributed by atoms with Gasteiger partial charge in [-0.3, -0.25) is 0 Å². The molecule has 0 spiro atoms. The van der Waals surface area contributed by atoms with Gasteiger partial charge in [0.1, 0.15) is 0 Å². The third-order valence-electron chi connectivity index (χ3n) is 5.84. The quantitative estimate of drug-likeness (QED) is 0.673. The van der Waals surface area contributed by atoms with E-state index in [0.29, 0.717) is 24.5 Å². The topological polar surface area (TPSA) is 47.5 Å². The van der Waals surface area contributed by atoms with Crippen molar-refractivity contribution >= 4 is 5.69 Å². The maximum absolute atomic E-state index is 10.3. The molecule has 0 aromatic heterocycles. The molecule has 0 amide bonds. The average molecular weight is 366 g/mol. The van der Waals surface area contributed by atoms with Crippen molar-refractivity contribution in [3.8, 4) is 0 Å². The number of benzene rings is 2. The summed E-state index contributed by atoms with van der Waals surface area (Å²) in [5.74, 6) is 0.704. The van der Waals surface area contributed by atoms with Gasteiger partial charge in [0, 0.05) is 36.8 Å². The number of para-hydroxylation sites is 1. The Morgan fingerprint density at radius 1 is 0.963 bits per heavy atom. The summed E-state index contributed by atoms with van der Waals surface area (Å²) in [5.41, 5.74) is 2.54. The molecule has 0 radical (unpaired) electrons. The highest BCUT2D eigenvalue weighted by molar-refractivity contribution is 5.42. The molecule has 144 valence electrons. The normalized spacial score (nSPS) is 24.5. The monoisotopic (exact) mass is 365 g/mol. The van der Waals surface area contributed by atoms with E-state index in [2.05, 4.69) is 45.9 Å². The van der Waals surface area contributed by atoms with E-state index in [-0.39, 0.29) is 6.10 Å². The Labute approximate surface area is 162 Å². The molecule has 1 aliphatic heterocycles. The zero-order chi connectivity index (χ0) is 18.5. The number of hydrogen-bond acceptors (Lipinski definition) is 4. The van der Waals surface area contributed by atoms with Gasteiger partial charge >= 0.3 is 0 Å². The number of hydrogen-bond donors (Lipinski definition) is 3. The number of aliphatic hydroxyl groups is 1. The van der Waals surface area contributed by atoms with E-state index < -0.39 is 0 Å². The number of aliphatic hydroxyl groups excluding tert-OH is 1. The van der Waals surface area contributed by atoms with Crippen molar-refractivity contribution in [2.45, 2.75) is 43.4 Å². The number of piperidine rings is 1. The molecule has 4 nitrogen and oxygen atoms in total. The molecular formula is C23H31N3O. The van der Waals surface area contributed by atoms with Crippen molar-refractivity contribution in [1.82, 2.24) is 10.2 Å². The van der Waals surface area contributed by atoms with Crippen LogP contribution >= 0.6 is 0 Å². The highest BCUT2D eigenvalue weighted by Gasteiger charge is 2.39. The molecule has 1 aliphatic carbocycles. The predicted molar refractivity (Wildman–Crippen MR) is 111 cm³/mol. The van der Waals surface area contributed by atoms with Crippen LogP contribution in [0.3, 0.4) is 0 Å². The van der Waals surface area contributed by atoms with Crippen LogP contribution in [0.15, 0.2) is 60.7 Å². The van der Waals surface area contributed by atoms with Gasteiger partial charge < -0.3 is 20.6 Å². The van der Waals surface area contributed by atoms with Gasteiger partial charge in [-0.15, -0.1) is 0 Å². The number of nitrogens with one attached hydrogen (secondary N) is 2. The molecule has 1 saturated heterocycles. The lowest BCUT2D eigenvalue weighted by molar-refractivity contribution is 0.101. The standard InChI is InChI=1S/C23H31N3O/c27-21(16-24-19-9-5-2-6-10-19)17-26-13-11-20(12-14-26)25-23-15-22(23)18-7-3-1-4-8-18/h1-10,20-25,27H,11-17H2. The van der Waals surface area contributed by atoms with E-state index in [1.807, 2.05) is 30.3 Å². The first-order chi connectivity index (χ1) is 13.3. The fraction of sp³-hybridized carbons (Fsp3) is 0.478. The lowest BCUT2D eigenvalue weighted by Gasteiger charge is -2.33. The molecule has 2 fully saturated rings.